The van der Waals surface area contributed by atoms with Gasteiger partial charge in [0.25, 0.3) is 0 Å². The summed E-state index contributed by atoms with van der Waals surface area (Å²) < 4.78 is 2.61. The van der Waals surface area contributed by atoms with Gasteiger partial charge in [0.15, 0.2) is 5.82 Å². The average Bonchev–Trinajstić information content (AvgIpc) is 3.89. The Hall–Kier alpha value is -7.72. The van der Waals surface area contributed by atoms with Crippen molar-refractivity contribution in [2.75, 3.05) is 0 Å². The van der Waals surface area contributed by atoms with Crippen molar-refractivity contribution in [3.05, 3.63) is 253 Å². The van der Waals surface area contributed by atoms with Crippen LogP contribution in [0.2, 0.25) is 0 Å². The molecule has 0 amide bonds. The van der Waals surface area contributed by atoms with Gasteiger partial charge in [0.05, 0.1) is 16.8 Å². The van der Waals surface area contributed by atoms with Crippen LogP contribution < -0.4 is 0 Å². The number of hydrogen-bond acceptors (Lipinski definition) is 3. The Kier molecular flexibility index (Phi) is 8.62. The van der Waals surface area contributed by atoms with E-state index in [0.29, 0.717) is 5.82 Å². The number of hydrogen-bond donors (Lipinski definition) is 0. The lowest BCUT2D eigenvalue weighted by atomic mass is 9.67. The van der Waals surface area contributed by atoms with Gasteiger partial charge in [-0.2, -0.15) is 0 Å². The Morgan fingerprint density at radius 2 is 0.903 bits per heavy atom. The Morgan fingerprint density at radius 1 is 0.339 bits per heavy atom. The van der Waals surface area contributed by atoms with Crippen molar-refractivity contribution in [1.29, 1.82) is 0 Å². The largest absolute Gasteiger partial charge is 0.228 e. The van der Waals surface area contributed by atoms with Crippen LogP contribution >= 0.6 is 11.3 Å². The molecule has 0 spiro atoms. The highest BCUT2D eigenvalue weighted by molar-refractivity contribution is 7.26. The molecule has 62 heavy (non-hydrogen) atoms. The van der Waals surface area contributed by atoms with E-state index in [9.17, 15) is 0 Å². The summed E-state index contributed by atoms with van der Waals surface area (Å²) in [4.78, 5) is 10.8. The van der Waals surface area contributed by atoms with Crippen molar-refractivity contribution < 1.29 is 0 Å². The summed E-state index contributed by atoms with van der Waals surface area (Å²) in [6, 6.07) is 83.3. The minimum atomic E-state index is -0.510. The van der Waals surface area contributed by atoms with Gasteiger partial charge in [-0.15, -0.1) is 11.3 Å². The maximum Gasteiger partial charge on any atom is 0.160 e. The second-order valence-electron chi connectivity index (χ2n) is 16.0. The lowest BCUT2D eigenvalue weighted by molar-refractivity contribution is 0.768. The van der Waals surface area contributed by atoms with Gasteiger partial charge in [-0.3, -0.25) is 0 Å². The molecule has 0 radical (unpaired) electrons. The highest BCUT2D eigenvalue weighted by Gasteiger charge is 2.46. The van der Waals surface area contributed by atoms with E-state index in [-0.39, 0.29) is 0 Å². The molecule has 9 aromatic carbocycles. The van der Waals surface area contributed by atoms with Gasteiger partial charge in [0.2, 0.25) is 0 Å². The number of benzene rings is 9. The van der Waals surface area contributed by atoms with Crippen LogP contribution in [0.3, 0.4) is 0 Å². The van der Waals surface area contributed by atoms with Crippen molar-refractivity contribution in [2.24, 2.45) is 0 Å². The summed E-state index contributed by atoms with van der Waals surface area (Å²) in [5.41, 5.74) is 16.6. The quantitative estimate of drug-likeness (QED) is 0.160. The normalized spacial score (nSPS) is 12.6. The zero-order valence-corrected chi connectivity index (χ0v) is 34.6. The highest BCUT2D eigenvalue weighted by Crippen LogP contribution is 2.58. The number of fused-ring (bicyclic) bond motifs is 6. The van der Waals surface area contributed by atoms with Gasteiger partial charge in [-0.25, -0.2) is 9.97 Å². The minimum absolute atomic E-state index is 0.510. The van der Waals surface area contributed by atoms with Gasteiger partial charge < -0.3 is 0 Å². The monoisotopic (exact) mass is 806 g/mol. The fourth-order valence-corrected chi connectivity index (χ4v) is 11.1. The van der Waals surface area contributed by atoms with Crippen LogP contribution in [-0.4, -0.2) is 9.97 Å². The first-order chi connectivity index (χ1) is 30.7. The number of aromatic nitrogens is 2. The molecule has 0 saturated heterocycles. The molecular weight excluding hydrogens is 769 g/mol. The van der Waals surface area contributed by atoms with Crippen molar-refractivity contribution >= 4 is 31.5 Å². The minimum Gasteiger partial charge on any atom is -0.228 e. The zero-order valence-electron chi connectivity index (χ0n) is 33.7. The van der Waals surface area contributed by atoms with E-state index in [2.05, 4.69) is 224 Å². The van der Waals surface area contributed by atoms with E-state index in [1.165, 1.54) is 70.2 Å². The Morgan fingerprint density at radius 3 is 1.66 bits per heavy atom. The van der Waals surface area contributed by atoms with Crippen molar-refractivity contribution in [3.63, 3.8) is 0 Å². The first kappa shape index (κ1) is 36.2. The molecule has 0 N–H and O–H groups in total. The van der Waals surface area contributed by atoms with E-state index < -0.39 is 5.41 Å². The fraction of sp³-hybridized carbons (Fsp3) is 0.0169. The Labute approximate surface area is 365 Å². The molecule has 0 fully saturated rings. The third-order valence-corrected chi connectivity index (χ3v) is 13.8. The van der Waals surface area contributed by atoms with E-state index >= 15 is 0 Å². The van der Waals surface area contributed by atoms with Crippen LogP contribution in [0.4, 0.5) is 0 Å². The van der Waals surface area contributed by atoms with Gasteiger partial charge >= 0.3 is 0 Å². The summed E-state index contributed by atoms with van der Waals surface area (Å²) in [5.74, 6) is 0.697. The molecule has 3 heteroatoms. The van der Waals surface area contributed by atoms with Crippen LogP contribution in [-0.2, 0) is 5.41 Å². The van der Waals surface area contributed by atoms with Crippen LogP contribution in [0.15, 0.2) is 231 Å². The predicted octanol–water partition coefficient (Wildman–Crippen LogP) is 15.5. The van der Waals surface area contributed by atoms with Crippen molar-refractivity contribution in [1.82, 2.24) is 9.97 Å². The Bertz CT molecular complexity index is 3410. The van der Waals surface area contributed by atoms with Crippen LogP contribution in [0.1, 0.15) is 22.3 Å². The second-order valence-corrected chi connectivity index (χ2v) is 17.1. The number of nitrogens with zero attached hydrogens (tertiary/aromatic N) is 2. The summed E-state index contributed by atoms with van der Waals surface area (Å²) in [6.45, 7) is 0. The van der Waals surface area contributed by atoms with Crippen molar-refractivity contribution in [2.45, 2.75) is 5.41 Å². The first-order valence-corrected chi connectivity index (χ1v) is 22.0. The third kappa shape index (κ3) is 5.78. The van der Waals surface area contributed by atoms with Gasteiger partial charge in [0, 0.05) is 42.4 Å². The topological polar surface area (TPSA) is 25.8 Å². The molecule has 0 unspecified atom stereocenters. The molecule has 2 heterocycles. The fourth-order valence-electron chi connectivity index (χ4n) is 9.84. The van der Waals surface area contributed by atoms with Crippen LogP contribution in [0, 0.1) is 0 Å². The van der Waals surface area contributed by atoms with Gasteiger partial charge in [0.1, 0.15) is 0 Å². The second kappa shape index (κ2) is 14.8. The van der Waals surface area contributed by atoms with Crippen LogP contribution in [0.25, 0.3) is 87.5 Å². The molecule has 0 atom stereocenters. The molecule has 1 aliphatic rings. The first-order valence-electron chi connectivity index (χ1n) is 21.1. The summed E-state index contributed by atoms with van der Waals surface area (Å²) in [7, 11) is 0. The third-order valence-electron chi connectivity index (χ3n) is 12.6. The molecule has 0 bridgehead atoms. The number of thiophene rings is 1. The maximum atomic E-state index is 5.42. The SMILES string of the molecule is c1ccc(-c2nc(-c3cccc(-c4cc(-c5ccccc5)c5sc6ccccc6c5c4)c3)cc(-c3cccc4c3-c3ccccc3C4(c3ccccc3)c3ccccc3)n2)cc1. The van der Waals surface area contributed by atoms with Crippen LogP contribution in [0.5, 0.6) is 0 Å². The van der Waals surface area contributed by atoms with E-state index in [1.54, 1.807) is 0 Å². The molecular formula is C59H38N2S. The lowest BCUT2D eigenvalue weighted by Crippen LogP contribution is -2.28. The van der Waals surface area contributed by atoms with E-state index in [4.69, 9.17) is 9.97 Å². The zero-order chi connectivity index (χ0) is 41.0. The average molecular weight is 807 g/mol. The van der Waals surface area contributed by atoms with Gasteiger partial charge in [-0.1, -0.05) is 200 Å². The summed E-state index contributed by atoms with van der Waals surface area (Å²) >= 11 is 1.87. The molecule has 12 rings (SSSR count). The summed E-state index contributed by atoms with van der Waals surface area (Å²) in [5, 5.41) is 2.57. The summed E-state index contributed by atoms with van der Waals surface area (Å²) in [6.07, 6.45) is 0. The Balaban J connectivity index is 1.07. The van der Waals surface area contributed by atoms with Gasteiger partial charge in [-0.05, 0) is 80.4 Å². The maximum absolute atomic E-state index is 5.42. The van der Waals surface area contributed by atoms with E-state index in [1.807, 2.05) is 17.4 Å². The molecule has 2 nitrogen and oxygen atoms in total. The number of rotatable bonds is 7. The molecule has 11 aromatic rings. The van der Waals surface area contributed by atoms with E-state index in [0.717, 1.165) is 33.6 Å². The molecule has 2 aromatic heterocycles. The molecule has 1 aliphatic carbocycles. The molecule has 290 valence electrons. The predicted molar refractivity (Wildman–Crippen MR) is 259 cm³/mol. The standard InChI is InChI=1S/C59H38N2S/c1-5-19-39(20-6-1)49-36-43(37-50-46-29-14-16-34-55(46)62-57(49)50)41-23-17-24-42(35-41)53-38-54(61-58(60-53)40-21-7-2-8-22-40)48-31-18-33-52-56(48)47-30-13-15-32-51(47)59(52,44-25-9-3-10-26-44)45-27-11-4-12-28-45/h1-38H. The highest BCUT2D eigenvalue weighted by atomic mass is 32.1. The smallest absolute Gasteiger partial charge is 0.160 e. The lowest BCUT2D eigenvalue weighted by Gasteiger charge is -2.33. The molecule has 0 aliphatic heterocycles. The van der Waals surface area contributed by atoms with Crippen molar-refractivity contribution in [3.8, 4) is 67.3 Å². The molecule has 0 saturated carbocycles.